The van der Waals surface area contributed by atoms with Crippen LogP contribution in [0.1, 0.15) is 46.1 Å². The number of aryl methyl sites for hydroxylation is 2. The van der Waals surface area contributed by atoms with E-state index in [1.807, 2.05) is 12.3 Å². The van der Waals surface area contributed by atoms with E-state index in [0.717, 1.165) is 30.5 Å². The highest BCUT2D eigenvalue weighted by Gasteiger charge is 2.19. The summed E-state index contributed by atoms with van der Waals surface area (Å²) in [5.74, 6) is 0.284. The van der Waals surface area contributed by atoms with E-state index < -0.39 is 0 Å². The van der Waals surface area contributed by atoms with E-state index in [9.17, 15) is 4.79 Å². The summed E-state index contributed by atoms with van der Waals surface area (Å²) >= 11 is 0. The van der Waals surface area contributed by atoms with Gasteiger partial charge in [-0.1, -0.05) is 31.2 Å². The van der Waals surface area contributed by atoms with Gasteiger partial charge in [-0.25, -0.2) is 0 Å². The minimum absolute atomic E-state index is 0.284. The third-order valence-electron chi connectivity index (χ3n) is 3.77. The number of carbonyl (C=O) groups is 1. The molecule has 0 fully saturated rings. The number of ketones is 1. The predicted molar refractivity (Wildman–Crippen MR) is 75.5 cm³/mol. The first-order valence-corrected chi connectivity index (χ1v) is 6.85. The van der Waals surface area contributed by atoms with Crippen LogP contribution in [-0.2, 0) is 19.3 Å². The average molecular weight is 251 g/mol. The zero-order valence-electron chi connectivity index (χ0n) is 11.1. The third-order valence-corrected chi connectivity index (χ3v) is 3.77. The Morgan fingerprint density at radius 1 is 1.11 bits per heavy atom. The predicted octanol–water partition coefficient (Wildman–Crippen LogP) is 3.36. The van der Waals surface area contributed by atoms with Crippen LogP contribution in [0.25, 0.3) is 0 Å². The van der Waals surface area contributed by atoms with Gasteiger partial charge in [0.05, 0.1) is 0 Å². The van der Waals surface area contributed by atoms with E-state index in [0.29, 0.717) is 6.42 Å². The number of nitrogens with zero attached hydrogens (tertiary/aromatic N) is 1. The number of rotatable bonds is 3. The second-order valence-corrected chi connectivity index (χ2v) is 5.10. The van der Waals surface area contributed by atoms with Gasteiger partial charge in [0.1, 0.15) is 0 Å². The van der Waals surface area contributed by atoms with Crippen LogP contribution in [0.2, 0.25) is 0 Å². The van der Waals surface area contributed by atoms with Crippen LogP contribution >= 0.6 is 0 Å². The molecule has 2 heteroatoms. The van der Waals surface area contributed by atoms with Crippen molar-refractivity contribution in [2.45, 2.75) is 32.6 Å². The smallest absolute Gasteiger partial charge is 0.163 e. The maximum absolute atomic E-state index is 11.6. The van der Waals surface area contributed by atoms with Crippen molar-refractivity contribution in [3.8, 4) is 0 Å². The van der Waals surface area contributed by atoms with Crippen molar-refractivity contribution in [3.05, 3.63) is 64.5 Å². The molecule has 0 aliphatic heterocycles. The van der Waals surface area contributed by atoms with Gasteiger partial charge in [0, 0.05) is 30.3 Å². The normalized spacial score (nSPS) is 13.6. The maximum atomic E-state index is 11.6. The number of carbonyl (C=O) groups excluding carboxylic acids is 1. The first-order chi connectivity index (χ1) is 9.26. The monoisotopic (exact) mass is 251 g/mol. The lowest BCUT2D eigenvalue weighted by molar-refractivity contribution is 0.0994. The largest absolute Gasteiger partial charge is 0.294 e. The standard InChI is InChI=1S/C17H17NO/c1-2-12-3-6-15(18-11-12)10-13-4-7-16-14(9-13)5-8-17(16)19/h3-4,6-7,9,11H,2,5,8,10H2,1H3. The zero-order chi connectivity index (χ0) is 13.2. The number of Topliss-reactive ketones (excluding diaryl/α,β-unsaturated/α-hetero) is 1. The summed E-state index contributed by atoms with van der Waals surface area (Å²) in [7, 11) is 0. The number of fused-ring (bicyclic) bond motifs is 1. The second-order valence-electron chi connectivity index (χ2n) is 5.10. The van der Waals surface area contributed by atoms with Crippen LogP contribution in [0, 0.1) is 0 Å². The topological polar surface area (TPSA) is 30.0 Å². The molecule has 0 saturated heterocycles. The first-order valence-electron chi connectivity index (χ1n) is 6.85. The molecule has 0 radical (unpaired) electrons. The summed E-state index contributed by atoms with van der Waals surface area (Å²) < 4.78 is 0. The van der Waals surface area contributed by atoms with E-state index in [1.165, 1.54) is 16.7 Å². The van der Waals surface area contributed by atoms with Crippen molar-refractivity contribution in [2.75, 3.05) is 0 Å². The van der Waals surface area contributed by atoms with Gasteiger partial charge in [-0.15, -0.1) is 0 Å². The lowest BCUT2D eigenvalue weighted by Gasteiger charge is -2.05. The van der Waals surface area contributed by atoms with E-state index in [2.05, 4.69) is 36.2 Å². The first kappa shape index (κ1) is 12.1. The summed E-state index contributed by atoms with van der Waals surface area (Å²) in [6.45, 7) is 2.13. The van der Waals surface area contributed by atoms with Gasteiger partial charge in [0.2, 0.25) is 0 Å². The molecule has 0 amide bonds. The summed E-state index contributed by atoms with van der Waals surface area (Å²) in [4.78, 5) is 16.1. The summed E-state index contributed by atoms with van der Waals surface area (Å²) in [5, 5.41) is 0. The van der Waals surface area contributed by atoms with Crippen molar-refractivity contribution >= 4 is 5.78 Å². The van der Waals surface area contributed by atoms with Crippen molar-refractivity contribution < 1.29 is 4.79 Å². The Morgan fingerprint density at radius 2 is 1.95 bits per heavy atom. The Hall–Kier alpha value is -1.96. The van der Waals surface area contributed by atoms with Gasteiger partial charge in [-0.05, 0) is 35.6 Å². The fourth-order valence-corrected chi connectivity index (χ4v) is 2.60. The molecule has 1 aliphatic rings. The molecule has 1 aromatic heterocycles. The number of aromatic nitrogens is 1. The fourth-order valence-electron chi connectivity index (χ4n) is 2.60. The van der Waals surface area contributed by atoms with E-state index in [4.69, 9.17) is 0 Å². The molecule has 0 spiro atoms. The molecular formula is C17H17NO. The minimum atomic E-state index is 0.284. The molecular weight excluding hydrogens is 234 g/mol. The molecule has 0 atom stereocenters. The van der Waals surface area contributed by atoms with Crippen LogP contribution in [0.4, 0.5) is 0 Å². The highest BCUT2D eigenvalue weighted by molar-refractivity contribution is 6.00. The molecule has 1 heterocycles. The van der Waals surface area contributed by atoms with Crippen LogP contribution in [-0.4, -0.2) is 10.8 Å². The molecule has 3 rings (SSSR count). The SMILES string of the molecule is CCc1ccc(Cc2ccc3c(c2)CCC3=O)nc1. The third kappa shape index (κ3) is 2.43. The van der Waals surface area contributed by atoms with Crippen LogP contribution in [0.5, 0.6) is 0 Å². The van der Waals surface area contributed by atoms with E-state index in [-0.39, 0.29) is 5.78 Å². The van der Waals surface area contributed by atoms with E-state index in [1.54, 1.807) is 0 Å². The van der Waals surface area contributed by atoms with Gasteiger partial charge in [0.25, 0.3) is 0 Å². The quantitative estimate of drug-likeness (QED) is 0.837. The van der Waals surface area contributed by atoms with Crippen molar-refractivity contribution in [1.82, 2.24) is 4.98 Å². The van der Waals surface area contributed by atoms with Crippen molar-refractivity contribution in [1.29, 1.82) is 0 Å². The molecule has 96 valence electrons. The number of hydrogen-bond donors (Lipinski definition) is 0. The van der Waals surface area contributed by atoms with Gasteiger partial charge in [0.15, 0.2) is 5.78 Å². The number of pyridine rings is 1. The number of benzene rings is 1. The minimum Gasteiger partial charge on any atom is -0.294 e. The van der Waals surface area contributed by atoms with Crippen LogP contribution in [0.15, 0.2) is 36.5 Å². The molecule has 0 N–H and O–H groups in total. The molecule has 19 heavy (non-hydrogen) atoms. The van der Waals surface area contributed by atoms with Crippen molar-refractivity contribution in [2.24, 2.45) is 0 Å². The Bertz CT molecular complexity index is 614. The fraction of sp³-hybridized carbons (Fsp3) is 0.294. The Kier molecular flexibility index (Phi) is 3.16. The number of hydrogen-bond acceptors (Lipinski definition) is 2. The van der Waals surface area contributed by atoms with Gasteiger partial charge >= 0.3 is 0 Å². The molecule has 1 aliphatic carbocycles. The van der Waals surface area contributed by atoms with E-state index >= 15 is 0 Å². The lowest BCUT2D eigenvalue weighted by Crippen LogP contribution is -1.96. The molecule has 1 aromatic carbocycles. The second kappa shape index (κ2) is 4.96. The molecule has 0 unspecified atom stereocenters. The average Bonchev–Trinajstić information content (AvgIpc) is 2.81. The van der Waals surface area contributed by atoms with Crippen LogP contribution in [0.3, 0.4) is 0 Å². The van der Waals surface area contributed by atoms with Gasteiger partial charge in [-0.3, -0.25) is 9.78 Å². The maximum Gasteiger partial charge on any atom is 0.163 e. The summed E-state index contributed by atoms with van der Waals surface area (Å²) in [6, 6.07) is 10.4. The van der Waals surface area contributed by atoms with Crippen LogP contribution < -0.4 is 0 Å². The van der Waals surface area contributed by atoms with Gasteiger partial charge in [-0.2, -0.15) is 0 Å². The Morgan fingerprint density at radius 3 is 2.68 bits per heavy atom. The zero-order valence-corrected chi connectivity index (χ0v) is 11.1. The molecule has 0 saturated carbocycles. The Balaban J connectivity index is 1.81. The van der Waals surface area contributed by atoms with Crippen molar-refractivity contribution in [3.63, 3.8) is 0 Å². The lowest BCUT2D eigenvalue weighted by atomic mass is 10.0. The van der Waals surface area contributed by atoms with Gasteiger partial charge < -0.3 is 0 Å². The highest BCUT2D eigenvalue weighted by atomic mass is 16.1. The highest BCUT2D eigenvalue weighted by Crippen LogP contribution is 2.23. The summed E-state index contributed by atoms with van der Waals surface area (Å²) in [5.41, 5.74) is 5.71. The summed E-state index contributed by atoms with van der Waals surface area (Å²) in [6.07, 6.45) is 5.37. The molecule has 2 aromatic rings. The Labute approximate surface area is 113 Å². The molecule has 0 bridgehead atoms. The molecule has 2 nitrogen and oxygen atoms in total.